The zero-order valence-corrected chi connectivity index (χ0v) is 10.7. The van der Waals surface area contributed by atoms with Crippen LogP contribution in [0.15, 0.2) is 42.5 Å². The first kappa shape index (κ1) is 12.2. The smallest absolute Gasteiger partial charge is 0.265 e. The Hall–Kier alpha value is -2.82. The van der Waals surface area contributed by atoms with Crippen molar-refractivity contribution in [3.05, 3.63) is 53.6 Å². The van der Waals surface area contributed by atoms with Gasteiger partial charge >= 0.3 is 0 Å². The van der Waals surface area contributed by atoms with E-state index in [1.165, 1.54) is 4.90 Å². The van der Waals surface area contributed by atoms with Crippen LogP contribution in [0.3, 0.4) is 0 Å². The fraction of sp³-hybridized carbons (Fsp3) is 0.0667. The minimum atomic E-state index is -0.370. The molecule has 1 heterocycles. The Balaban J connectivity index is 2.03. The van der Waals surface area contributed by atoms with Crippen LogP contribution >= 0.6 is 0 Å². The molecule has 100 valence electrons. The van der Waals surface area contributed by atoms with Gasteiger partial charge in [-0.25, -0.2) is 4.90 Å². The summed E-state index contributed by atoms with van der Waals surface area (Å²) in [5.74, 6) is -0.621. The lowest BCUT2D eigenvalue weighted by atomic mass is 10.1. The lowest BCUT2D eigenvalue weighted by molar-refractivity contribution is -0.116. The van der Waals surface area contributed by atoms with Gasteiger partial charge in [-0.3, -0.25) is 9.59 Å². The molecular formula is C15H13N3O2. The number of hydrogen-bond acceptors (Lipinski definition) is 4. The highest BCUT2D eigenvalue weighted by molar-refractivity contribution is 6.24. The molecule has 5 heteroatoms. The standard InChI is InChI=1S/C15H13N3O2/c16-11-3-1-2-9(6-11)15(20)18-13-5-4-12(17)7-10(13)8-14(18)19/h1-7H,8,16-17H2. The SMILES string of the molecule is Nc1cccc(C(=O)N2C(=O)Cc3cc(N)ccc32)c1. The van der Waals surface area contributed by atoms with Gasteiger partial charge in [-0.1, -0.05) is 6.07 Å². The van der Waals surface area contributed by atoms with Crippen LogP contribution in [0.2, 0.25) is 0 Å². The van der Waals surface area contributed by atoms with E-state index >= 15 is 0 Å². The van der Waals surface area contributed by atoms with Crippen LogP contribution in [0.1, 0.15) is 15.9 Å². The summed E-state index contributed by atoms with van der Waals surface area (Å²) in [5, 5.41) is 0. The first-order valence-corrected chi connectivity index (χ1v) is 6.17. The molecule has 2 aromatic carbocycles. The first-order chi connectivity index (χ1) is 9.56. The summed E-state index contributed by atoms with van der Waals surface area (Å²) in [7, 11) is 0. The van der Waals surface area contributed by atoms with Gasteiger partial charge in [0.1, 0.15) is 0 Å². The molecule has 0 atom stereocenters. The molecule has 0 saturated carbocycles. The van der Waals surface area contributed by atoms with Crippen molar-refractivity contribution in [3.8, 4) is 0 Å². The van der Waals surface area contributed by atoms with E-state index in [9.17, 15) is 9.59 Å². The molecule has 0 unspecified atom stereocenters. The van der Waals surface area contributed by atoms with Crippen LogP contribution in [0.25, 0.3) is 0 Å². The molecule has 0 bridgehead atoms. The Kier molecular flexibility index (Phi) is 2.68. The van der Waals surface area contributed by atoms with E-state index in [1.807, 2.05) is 0 Å². The van der Waals surface area contributed by atoms with E-state index < -0.39 is 0 Å². The van der Waals surface area contributed by atoms with Gasteiger partial charge in [0.2, 0.25) is 5.91 Å². The predicted molar refractivity (Wildman–Crippen MR) is 77.2 cm³/mol. The molecule has 0 saturated heterocycles. The van der Waals surface area contributed by atoms with Gasteiger partial charge < -0.3 is 11.5 Å². The van der Waals surface area contributed by atoms with Crippen LogP contribution in [0, 0.1) is 0 Å². The average Bonchev–Trinajstić information content (AvgIpc) is 2.73. The van der Waals surface area contributed by atoms with E-state index in [-0.39, 0.29) is 18.2 Å². The summed E-state index contributed by atoms with van der Waals surface area (Å²) in [6, 6.07) is 11.7. The number of benzene rings is 2. The van der Waals surface area contributed by atoms with Crippen molar-refractivity contribution in [1.29, 1.82) is 0 Å². The van der Waals surface area contributed by atoms with Gasteiger partial charge in [0.25, 0.3) is 5.91 Å². The second-order valence-electron chi connectivity index (χ2n) is 4.72. The van der Waals surface area contributed by atoms with E-state index in [4.69, 9.17) is 11.5 Å². The second kappa shape index (κ2) is 4.38. The number of hydrogen-bond donors (Lipinski definition) is 2. The van der Waals surface area contributed by atoms with Gasteiger partial charge in [0.05, 0.1) is 12.1 Å². The number of carbonyl (C=O) groups excluding carboxylic acids is 2. The van der Waals surface area contributed by atoms with Crippen molar-refractivity contribution in [1.82, 2.24) is 0 Å². The Morgan fingerprint density at radius 1 is 1.05 bits per heavy atom. The summed E-state index contributed by atoms with van der Waals surface area (Å²) < 4.78 is 0. The van der Waals surface area contributed by atoms with Crippen LogP contribution in [-0.4, -0.2) is 11.8 Å². The minimum absolute atomic E-state index is 0.189. The Bertz CT molecular complexity index is 725. The summed E-state index contributed by atoms with van der Waals surface area (Å²) in [4.78, 5) is 25.7. The van der Waals surface area contributed by atoms with Crippen molar-refractivity contribution in [2.24, 2.45) is 0 Å². The maximum atomic E-state index is 12.5. The molecule has 0 radical (unpaired) electrons. The van der Waals surface area contributed by atoms with Crippen molar-refractivity contribution in [2.75, 3.05) is 16.4 Å². The highest BCUT2D eigenvalue weighted by atomic mass is 16.2. The van der Waals surface area contributed by atoms with Crippen molar-refractivity contribution < 1.29 is 9.59 Å². The van der Waals surface area contributed by atoms with E-state index in [2.05, 4.69) is 0 Å². The fourth-order valence-electron chi connectivity index (χ4n) is 2.36. The Morgan fingerprint density at radius 3 is 2.55 bits per heavy atom. The Morgan fingerprint density at radius 2 is 1.80 bits per heavy atom. The molecule has 0 aromatic heterocycles. The highest BCUT2D eigenvalue weighted by Gasteiger charge is 2.32. The third kappa shape index (κ3) is 1.89. The number of rotatable bonds is 1. The predicted octanol–water partition coefficient (Wildman–Crippen LogP) is 1.58. The molecule has 0 aliphatic carbocycles. The average molecular weight is 267 g/mol. The normalized spacial score (nSPS) is 13.4. The zero-order chi connectivity index (χ0) is 14.3. The van der Waals surface area contributed by atoms with E-state index in [0.29, 0.717) is 22.6 Å². The number of carbonyl (C=O) groups is 2. The summed E-state index contributed by atoms with van der Waals surface area (Å²) in [6.45, 7) is 0. The number of imide groups is 1. The van der Waals surface area contributed by atoms with Gasteiger partial charge in [-0.05, 0) is 42.0 Å². The monoisotopic (exact) mass is 267 g/mol. The number of nitrogen functional groups attached to an aromatic ring is 2. The zero-order valence-electron chi connectivity index (χ0n) is 10.7. The van der Waals surface area contributed by atoms with E-state index in [0.717, 1.165) is 5.56 Å². The molecule has 1 aliphatic heterocycles. The lowest BCUT2D eigenvalue weighted by Crippen LogP contribution is -2.33. The number of amides is 2. The van der Waals surface area contributed by atoms with E-state index in [1.54, 1.807) is 42.5 Å². The van der Waals surface area contributed by atoms with Crippen molar-refractivity contribution >= 4 is 28.9 Å². The van der Waals surface area contributed by atoms with Crippen molar-refractivity contribution in [2.45, 2.75) is 6.42 Å². The van der Waals surface area contributed by atoms with Crippen LogP contribution in [0.5, 0.6) is 0 Å². The molecule has 20 heavy (non-hydrogen) atoms. The number of nitrogens with two attached hydrogens (primary N) is 2. The maximum Gasteiger partial charge on any atom is 0.265 e. The summed E-state index contributed by atoms with van der Waals surface area (Å²) in [6.07, 6.45) is 0.189. The molecule has 4 N–H and O–H groups in total. The quantitative estimate of drug-likeness (QED) is 0.606. The van der Waals surface area contributed by atoms with Crippen LogP contribution in [0.4, 0.5) is 17.1 Å². The molecule has 3 rings (SSSR count). The molecule has 1 aliphatic rings. The number of nitrogens with zero attached hydrogens (tertiary/aromatic N) is 1. The topological polar surface area (TPSA) is 89.4 Å². The van der Waals surface area contributed by atoms with Gasteiger partial charge in [-0.15, -0.1) is 0 Å². The summed E-state index contributed by atoms with van der Waals surface area (Å²) >= 11 is 0. The molecule has 5 nitrogen and oxygen atoms in total. The van der Waals surface area contributed by atoms with Crippen LogP contribution < -0.4 is 16.4 Å². The van der Waals surface area contributed by atoms with Crippen molar-refractivity contribution in [3.63, 3.8) is 0 Å². The van der Waals surface area contributed by atoms with Crippen LogP contribution in [-0.2, 0) is 11.2 Å². The molecule has 2 aromatic rings. The number of anilines is 3. The molecular weight excluding hydrogens is 254 g/mol. The first-order valence-electron chi connectivity index (χ1n) is 6.17. The molecule has 0 fully saturated rings. The Labute approximate surface area is 115 Å². The van der Waals surface area contributed by atoms with Gasteiger partial charge in [0.15, 0.2) is 0 Å². The minimum Gasteiger partial charge on any atom is -0.399 e. The maximum absolute atomic E-state index is 12.5. The third-order valence-corrected chi connectivity index (χ3v) is 3.27. The second-order valence-corrected chi connectivity index (χ2v) is 4.72. The fourth-order valence-corrected chi connectivity index (χ4v) is 2.36. The van der Waals surface area contributed by atoms with Gasteiger partial charge in [0, 0.05) is 16.9 Å². The highest BCUT2D eigenvalue weighted by Crippen LogP contribution is 2.31. The lowest BCUT2D eigenvalue weighted by Gasteiger charge is -2.15. The third-order valence-electron chi connectivity index (χ3n) is 3.27. The largest absolute Gasteiger partial charge is 0.399 e. The molecule has 0 spiro atoms. The summed E-state index contributed by atoms with van der Waals surface area (Å²) in [5.41, 5.74) is 14.2. The molecule has 2 amide bonds. The van der Waals surface area contributed by atoms with Gasteiger partial charge in [-0.2, -0.15) is 0 Å². The number of fused-ring (bicyclic) bond motifs is 1.